The minimum absolute atomic E-state index is 0.0388. The predicted octanol–water partition coefficient (Wildman–Crippen LogP) is 1.19. The van der Waals surface area contributed by atoms with Crippen LogP contribution in [0.3, 0.4) is 0 Å². The van der Waals surface area contributed by atoms with Crippen molar-refractivity contribution in [1.82, 2.24) is 9.97 Å². The molecule has 0 aliphatic carbocycles. The lowest BCUT2D eigenvalue weighted by molar-refractivity contribution is -0.141. The number of anilines is 1. The van der Waals surface area contributed by atoms with E-state index in [9.17, 15) is 18.0 Å². The van der Waals surface area contributed by atoms with Crippen LogP contribution in [-0.2, 0) is 10.9 Å². The van der Waals surface area contributed by atoms with E-state index in [1.54, 1.807) is 4.98 Å². The average Bonchev–Trinajstić information content (AvgIpc) is 2.47. The van der Waals surface area contributed by atoms with Crippen LogP contribution in [0.25, 0.3) is 0 Å². The Kier molecular flexibility index (Phi) is 2.87. The van der Waals surface area contributed by atoms with E-state index in [2.05, 4.69) is 9.72 Å². The number of esters is 1. The van der Waals surface area contributed by atoms with E-state index in [0.29, 0.717) is 0 Å². The molecule has 0 saturated heterocycles. The summed E-state index contributed by atoms with van der Waals surface area (Å²) in [5, 5.41) is 0. The number of alkyl halides is 3. The van der Waals surface area contributed by atoms with E-state index >= 15 is 0 Å². The Morgan fingerprint density at radius 2 is 2.20 bits per heavy atom. The largest absolute Gasteiger partial charge is 0.461 e. The first kappa shape index (κ1) is 11.3. The van der Waals surface area contributed by atoms with Crippen molar-refractivity contribution in [2.75, 3.05) is 12.3 Å². The number of nitrogens with one attached hydrogen (secondary N) is 1. The standard InChI is InChI=1S/C7H8F3N3O2/c1-2-15-5(14)3-4(7(8,9)10)13-6(11)12-3/h2H2,1H3,(H3,11,12,13). The van der Waals surface area contributed by atoms with E-state index in [-0.39, 0.29) is 6.61 Å². The van der Waals surface area contributed by atoms with Crippen LogP contribution in [0.2, 0.25) is 0 Å². The number of carbonyl (C=O) groups excluding carboxylic acids is 1. The number of rotatable bonds is 2. The lowest BCUT2D eigenvalue weighted by atomic mass is 10.3. The number of carbonyl (C=O) groups is 1. The molecule has 0 aliphatic heterocycles. The Balaban J connectivity index is 3.12. The Hall–Kier alpha value is -1.73. The fourth-order valence-corrected chi connectivity index (χ4v) is 0.944. The van der Waals surface area contributed by atoms with Crippen LogP contribution in [0.5, 0.6) is 0 Å². The number of nitrogen functional groups attached to an aromatic ring is 1. The number of nitrogens with zero attached hydrogens (tertiary/aromatic N) is 1. The maximum atomic E-state index is 12.3. The highest BCUT2D eigenvalue weighted by Gasteiger charge is 2.39. The Labute approximate surface area is 82.4 Å². The first-order valence-corrected chi connectivity index (χ1v) is 3.96. The smallest absolute Gasteiger partial charge is 0.433 e. The van der Waals surface area contributed by atoms with Crippen LogP contribution in [0.15, 0.2) is 0 Å². The summed E-state index contributed by atoms with van der Waals surface area (Å²) in [7, 11) is 0. The van der Waals surface area contributed by atoms with Crippen LogP contribution in [0, 0.1) is 0 Å². The van der Waals surface area contributed by atoms with Crippen molar-refractivity contribution >= 4 is 11.9 Å². The molecule has 1 heterocycles. The molecule has 0 amide bonds. The van der Waals surface area contributed by atoms with Crippen LogP contribution in [0.1, 0.15) is 23.1 Å². The second-order valence-electron chi connectivity index (χ2n) is 2.56. The summed E-state index contributed by atoms with van der Waals surface area (Å²) < 4.78 is 41.4. The Bertz CT molecular complexity index is 372. The van der Waals surface area contributed by atoms with E-state index < -0.39 is 29.5 Å². The number of ether oxygens (including phenoxy) is 1. The Morgan fingerprint density at radius 3 is 2.67 bits per heavy atom. The minimum atomic E-state index is -4.72. The summed E-state index contributed by atoms with van der Waals surface area (Å²) in [6, 6.07) is 0. The number of H-pyrrole nitrogens is 1. The van der Waals surface area contributed by atoms with Crippen LogP contribution in [0.4, 0.5) is 19.1 Å². The predicted molar refractivity (Wildman–Crippen MR) is 44.0 cm³/mol. The van der Waals surface area contributed by atoms with Crippen molar-refractivity contribution < 1.29 is 22.7 Å². The van der Waals surface area contributed by atoms with Gasteiger partial charge in [-0.1, -0.05) is 0 Å². The van der Waals surface area contributed by atoms with Gasteiger partial charge in [0.1, 0.15) is 0 Å². The molecule has 8 heteroatoms. The lowest BCUT2D eigenvalue weighted by Gasteiger charge is -2.05. The van der Waals surface area contributed by atoms with Gasteiger partial charge >= 0.3 is 12.1 Å². The van der Waals surface area contributed by atoms with Gasteiger partial charge in [0.2, 0.25) is 0 Å². The minimum Gasteiger partial charge on any atom is -0.461 e. The maximum Gasteiger partial charge on any atom is 0.433 e. The second kappa shape index (κ2) is 3.79. The fourth-order valence-electron chi connectivity index (χ4n) is 0.944. The zero-order chi connectivity index (χ0) is 11.6. The molecule has 84 valence electrons. The van der Waals surface area contributed by atoms with E-state index in [1.807, 2.05) is 0 Å². The molecule has 1 rings (SSSR count). The Morgan fingerprint density at radius 1 is 1.60 bits per heavy atom. The summed E-state index contributed by atoms with van der Waals surface area (Å²) in [6.45, 7) is 1.43. The van der Waals surface area contributed by atoms with Crippen LogP contribution >= 0.6 is 0 Å². The fraction of sp³-hybridized carbons (Fsp3) is 0.429. The zero-order valence-electron chi connectivity index (χ0n) is 7.68. The average molecular weight is 223 g/mol. The third-order valence-electron chi connectivity index (χ3n) is 1.47. The van der Waals surface area contributed by atoms with Gasteiger partial charge in [0.05, 0.1) is 6.61 Å². The van der Waals surface area contributed by atoms with Crippen molar-refractivity contribution in [2.24, 2.45) is 0 Å². The van der Waals surface area contributed by atoms with Crippen LogP contribution < -0.4 is 5.73 Å². The van der Waals surface area contributed by atoms with Crippen molar-refractivity contribution in [3.8, 4) is 0 Å². The summed E-state index contributed by atoms with van der Waals surface area (Å²) >= 11 is 0. The summed E-state index contributed by atoms with van der Waals surface area (Å²) in [4.78, 5) is 16.1. The number of aromatic nitrogens is 2. The van der Waals surface area contributed by atoms with Gasteiger partial charge < -0.3 is 15.5 Å². The van der Waals surface area contributed by atoms with E-state index in [4.69, 9.17) is 5.73 Å². The quantitative estimate of drug-likeness (QED) is 0.738. The molecule has 3 N–H and O–H groups in total. The van der Waals surface area contributed by atoms with Gasteiger partial charge in [0.25, 0.3) is 0 Å². The molecule has 1 aromatic rings. The topological polar surface area (TPSA) is 81.0 Å². The molecular formula is C7H8F3N3O2. The molecule has 15 heavy (non-hydrogen) atoms. The third-order valence-corrected chi connectivity index (χ3v) is 1.47. The number of nitrogens with two attached hydrogens (primary N) is 1. The first-order chi connectivity index (χ1) is 6.86. The van der Waals surface area contributed by atoms with Gasteiger partial charge in [-0.3, -0.25) is 0 Å². The van der Waals surface area contributed by atoms with E-state index in [1.165, 1.54) is 6.92 Å². The molecule has 0 unspecified atom stereocenters. The second-order valence-corrected chi connectivity index (χ2v) is 2.56. The van der Waals surface area contributed by atoms with E-state index in [0.717, 1.165) is 0 Å². The summed E-state index contributed by atoms with van der Waals surface area (Å²) in [6.07, 6.45) is -4.72. The highest BCUT2D eigenvalue weighted by atomic mass is 19.4. The zero-order valence-corrected chi connectivity index (χ0v) is 7.68. The number of imidazole rings is 1. The molecule has 5 nitrogen and oxygen atoms in total. The van der Waals surface area contributed by atoms with Gasteiger partial charge in [-0.15, -0.1) is 0 Å². The monoisotopic (exact) mass is 223 g/mol. The molecule has 0 fully saturated rings. The molecule has 0 saturated carbocycles. The molecule has 0 atom stereocenters. The summed E-state index contributed by atoms with van der Waals surface area (Å²) in [5.74, 6) is -1.64. The number of aromatic amines is 1. The summed E-state index contributed by atoms with van der Waals surface area (Å²) in [5.41, 5.74) is 2.90. The maximum absolute atomic E-state index is 12.3. The van der Waals surface area contributed by atoms with Gasteiger partial charge in [0.15, 0.2) is 17.3 Å². The third kappa shape index (κ3) is 2.39. The highest BCUT2D eigenvalue weighted by molar-refractivity contribution is 5.89. The molecule has 0 bridgehead atoms. The molecule has 0 aromatic carbocycles. The van der Waals surface area contributed by atoms with Crippen molar-refractivity contribution in [3.63, 3.8) is 0 Å². The van der Waals surface area contributed by atoms with Gasteiger partial charge in [0, 0.05) is 0 Å². The van der Waals surface area contributed by atoms with Gasteiger partial charge in [-0.2, -0.15) is 13.2 Å². The molecule has 0 aliphatic rings. The molecule has 0 radical (unpaired) electrons. The van der Waals surface area contributed by atoms with Crippen molar-refractivity contribution in [3.05, 3.63) is 11.4 Å². The molecule has 0 spiro atoms. The number of hydrogen-bond acceptors (Lipinski definition) is 4. The van der Waals surface area contributed by atoms with Crippen molar-refractivity contribution in [2.45, 2.75) is 13.1 Å². The van der Waals surface area contributed by atoms with Gasteiger partial charge in [-0.05, 0) is 6.92 Å². The normalized spacial score (nSPS) is 11.5. The van der Waals surface area contributed by atoms with Crippen LogP contribution in [-0.4, -0.2) is 22.5 Å². The van der Waals surface area contributed by atoms with Gasteiger partial charge in [-0.25, -0.2) is 9.78 Å². The lowest BCUT2D eigenvalue weighted by Crippen LogP contribution is -2.15. The van der Waals surface area contributed by atoms with Crippen molar-refractivity contribution in [1.29, 1.82) is 0 Å². The SMILES string of the molecule is CCOC(=O)c1nc(N)[nH]c1C(F)(F)F. The number of hydrogen-bond donors (Lipinski definition) is 2. The first-order valence-electron chi connectivity index (χ1n) is 3.96. The number of halogens is 3. The molecule has 1 aromatic heterocycles. The highest BCUT2D eigenvalue weighted by Crippen LogP contribution is 2.31. The molecular weight excluding hydrogens is 215 g/mol.